The van der Waals surface area contributed by atoms with Crippen molar-refractivity contribution in [2.45, 2.75) is 13.5 Å². The van der Waals surface area contributed by atoms with Crippen LogP contribution in [-0.4, -0.2) is 42.2 Å². The summed E-state index contributed by atoms with van der Waals surface area (Å²) in [7, 11) is 1.54. The van der Waals surface area contributed by atoms with Gasteiger partial charge in [0.2, 0.25) is 5.91 Å². The molecule has 1 N–H and O–H groups in total. The van der Waals surface area contributed by atoms with E-state index >= 15 is 0 Å². The smallest absolute Gasteiger partial charge is 0.294 e. The number of hydrogen-bond donors (Lipinski definition) is 1. The Kier molecular flexibility index (Phi) is 9.29. The lowest BCUT2D eigenvalue weighted by molar-refractivity contribution is -0.127. The molecular weight excluding hydrogens is 619 g/mol. The molecule has 4 rings (SSSR count). The van der Waals surface area contributed by atoms with Gasteiger partial charge >= 0.3 is 0 Å². The molecule has 8 nitrogen and oxygen atoms in total. The molecule has 0 aromatic heterocycles. The number of hydrogen-bond acceptors (Lipinski definition) is 7. The minimum Gasteiger partial charge on any atom is -0.494 e. The number of amides is 3. The Morgan fingerprint density at radius 1 is 1.00 bits per heavy atom. The van der Waals surface area contributed by atoms with Gasteiger partial charge in [-0.05, 0) is 107 Å². The quantitative estimate of drug-likeness (QED) is 0.215. The number of carbonyl (C=O) groups excluding carboxylic acids is 3. The van der Waals surface area contributed by atoms with Crippen LogP contribution in [0, 0.1) is 3.57 Å². The maximum absolute atomic E-state index is 12.9. The Bertz CT molecular complexity index is 1360. The highest BCUT2D eigenvalue weighted by Gasteiger charge is 2.36. The lowest BCUT2D eigenvalue weighted by Crippen LogP contribution is -2.36. The number of ether oxygens (including phenoxy) is 3. The number of nitrogens with one attached hydrogen (secondary N) is 1. The number of imide groups is 1. The van der Waals surface area contributed by atoms with Gasteiger partial charge in [0.1, 0.15) is 18.9 Å². The zero-order valence-corrected chi connectivity index (χ0v) is 23.7. The second-order valence-corrected chi connectivity index (χ2v) is 10.3. The summed E-state index contributed by atoms with van der Waals surface area (Å²) in [4.78, 5) is 39.0. The first-order valence-corrected chi connectivity index (χ1v) is 13.6. The third-order valence-corrected chi connectivity index (χ3v) is 7.04. The zero-order chi connectivity index (χ0) is 27.1. The van der Waals surface area contributed by atoms with Crippen molar-refractivity contribution < 1.29 is 28.6 Å². The standard InChI is InChI=1S/C28H25IN2O6S/c1-3-36-22-11-9-21(10-12-22)30-26(32)16-31-27(33)25(38-28(31)34)15-19-6-13-23(24(14-19)35-2)37-17-18-4-7-20(29)8-5-18/h4-15H,3,16-17H2,1-2H3,(H,30,32)/b25-15+. The number of nitrogens with zero attached hydrogens (tertiary/aromatic N) is 1. The SMILES string of the molecule is CCOc1ccc(NC(=O)CN2C(=O)S/C(=C/c3ccc(OCc4ccc(I)cc4)c(OC)c3)C2=O)cc1. The van der Waals surface area contributed by atoms with E-state index in [2.05, 4.69) is 27.9 Å². The minimum absolute atomic E-state index is 0.221. The first-order valence-electron chi connectivity index (χ1n) is 11.7. The summed E-state index contributed by atoms with van der Waals surface area (Å²) < 4.78 is 17.9. The summed E-state index contributed by atoms with van der Waals surface area (Å²) in [5.74, 6) is 0.734. The number of benzene rings is 3. The molecule has 10 heteroatoms. The summed E-state index contributed by atoms with van der Waals surface area (Å²) in [6, 6.07) is 20.1. The maximum Gasteiger partial charge on any atom is 0.294 e. The van der Waals surface area contributed by atoms with Crippen molar-refractivity contribution in [3.63, 3.8) is 0 Å². The van der Waals surface area contributed by atoms with Crippen LogP contribution >= 0.6 is 34.4 Å². The Balaban J connectivity index is 1.39. The molecule has 0 aliphatic carbocycles. The molecule has 1 aliphatic heterocycles. The van der Waals surface area contributed by atoms with Crippen LogP contribution in [0.25, 0.3) is 6.08 Å². The number of thioether (sulfide) groups is 1. The first-order chi connectivity index (χ1) is 18.4. The maximum atomic E-state index is 12.9. The van der Waals surface area contributed by atoms with E-state index in [0.717, 1.165) is 25.8 Å². The summed E-state index contributed by atoms with van der Waals surface area (Å²) >= 11 is 3.04. The van der Waals surface area contributed by atoms with Crippen LogP contribution in [-0.2, 0) is 16.2 Å². The van der Waals surface area contributed by atoms with Gasteiger partial charge in [0, 0.05) is 9.26 Å². The lowest BCUT2D eigenvalue weighted by atomic mass is 10.1. The fraction of sp³-hybridized carbons (Fsp3) is 0.179. The van der Waals surface area contributed by atoms with Crippen LogP contribution in [0.15, 0.2) is 71.6 Å². The molecule has 0 spiro atoms. The largest absolute Gasteiger partial charge is 0.494 e. The van der Waals surface area contributed by atoms with Crippen molar-refractivity contribution >= 4 is 63.2 Å². The topological polar surface area (TPSA) is 94.2 Å². The minimum atomic E-state index is -0.528. The summed E-state index contributed by atoms with van der Waals surface area (Å²) in [5.41, 5.74) is 2.22. The van der Waals surface area contributed by atoms with E-state index in [-0.39, 0.29) is 11.4 Å². The van der Waals surface area contributed by atoms with Gasteiger partial charge < -0.3 is 19.5 Å². The van der Waals surface area contributed by atoms with Crippen molar-refractivity contribution in [2.75, 3.05) is 25.6 Å². The predicted octanol–water partition coefficient (Wildman–Crippen LogP) is 5.95. The summed E-state index contributed by atoms with van der Waals surface area (Å²) in [6.45, 7) is 2.42. The van der Waals surface area contributed by atoms with E-state index in [1.807, 2.05) is 31.2 Å². The molecule has 196 valence electrons. The van der Waals surface area contributed by atoms with E-state index in [1.54, 1.807) is 48.5 Å². The third kappa shape index (κ3) is 7.07. The van der Waals surface area contributed by atoms with E-state index in [4.69, 9.17) is 14.2 Å². The molecule has 3 aromatic carbocycles. The van der Waals surface area contributed by atoms with Crippen molar-refractivity contribution in [3.05, 3.63) is 86.3 Å². The van der Waals surface area contributed by atoms with Crippen LogP contribution in [0.3, 0.4) is 0 Å². The average molecular weight is 644 g/mol. The average Bonchev–Trinajstić information content (AvgIpc) is 3.17. The van der Waals surface area contributed by atoms with Crippen LogP contribution < -0.4 is 19.5 Å². The molecule has 0 radical (unpaired) electrons. The first kappa shape index (κ1) is 27.5. The lowest BCUT2D eigenvalue weighted by Gasteiger charge is -2.13. The highest BCUT2D eigenvalue weighted by atomic mass is 127. The third-order valence-electron chi connectivity index (χ3n) is 5.42. The second kappa shape index (κ2) is 12.8. The molecule has 3 amide bonds. The van der Waals surface area contributed by atoms with Crippen molar-refractivity contribution in [1.82, 2.24) is 4.90 Å². The highest BCUT2D eigenvalue weighted by Crippen LogP contribution is 2.35. The van der Waals surface area contributed by atoms with Gasteiger partial charge in [0.15, 0.2) is 11.5 Å². The van der Waals surface area contributed by atoms with E-state index in [1.165, 1.54) is 7.11 Å². The van der Waals surface area contributed by atoms with E-state index in [9.17, 15) is 14.4 Å². The second-order valence-electron chi connectivity index (χ2n) is 8.10. The molecular formula is C28H25IN2O6S. The van der Waals surface area contributed by atoms with E-state index < -0.39 is 17.1 Å². The number of methoxy groups -OCH3 is 1. The van der Waals surface area contributed by atoms with Crippen LogP contribution in [0.1, 0.15) is 18.1 Å². The number of halogens is 1. The molecule has 38 heavy (non-hydrogen) atoms. The number of anilines is 1. The van der Waals surface area contributed by atoms with Crippen LogP contribution in [0.2, 0.25) is 0 Å². The molecule has 0 saturated carbocycles. The normalized spacial score (nSPS) is 14.1. The molecule has 1 fully saturated rings. The highest BCUT2D eigenvalue weighted by molar-refractivity contribution is 14.1. The van der Waals surface area contributed by atoms with E-state index in [0.29, 0.717) is 41.7 Å². The Morgan fingerprint density at radius 2 is 1.74 bits per heavy atom. The van der Waals surface area contributed by atoms with Crippen LogP contribution in [0.4, 0.5) is 10.5 Å². The summed E-state index contributed by atoms with van der Waals surface area (Å²) in [5, 5.41) is 2.18. The molecule has 0 atom stereocenters. The molecule has 0 bridgehead atoms. The molecule has 3 aromatic rings. The molecule has 1 saturated heterocycles. The van der Waals surface area contributed by atoms with Crippen molar-refractivity contribution in [2.24, 2.45) is 0 Å². The van der Waals surface area contributed by atoms with Gasteiger partial charge in [-0.1, -0.05) is 18.2 Å². The molecule has 1 aliphatic rings. The monoisotopic (exact) mass is 644 g/mol. The fourth-order valence-corrected chi connectivity index (χ4v) is 4.77. The number of rotatable bonds is 10. The predicted molar refractivity (Wildman–Crippen MR) is 155 cm³/mol. The van der Waals surface area contributed by atoms with Gasteiger partial charge in [-0.25, -0.2) is 0 Å². The number of carbonyl (C=O) groups is 3. The van der Waals surface area contributed by atoms with Crippen molar-refractivity contribution in [3.8, 4) is 17.2 Å². The van der Waals surface area contributed by atoms with Crippen LogP contribution in [0.5, 0.6) is 17.2 Å². The molecule has 1 heterocycles. The van der Waals surface area contributed by atoms with Crippen molar-refractivity contribution in [1.29, 1.82) is 0 Å². The Morgan fingerprint density at radius 3 is 2.42 bits per heavy atom. The van der Waals surface area contributed by atoms with Gasteiger partial charge in [0.05, 0.1) is 18.6 Å². The van der Waals surface area contributed by atoms with Gasteiger partial charge in [-0.2, -0.15) is 0 Å². The Labute approximate surface area is 238 Å². The van der Waals surface area contributed by atoms with Gasteiger partial charge in [0.25, 0.3) is 11.1 Å². The molecule has 0 unspecified atom stereocenters. The van der Waals surface area contributed by atoms with Gasteiger partial charge in [-0.3, -0.25) is 19.3 Å². The summed E-state index contributed by atoms with van der Waals surface area (Å²) in [6.07, 6.45) is 1.60. The zero-order valence-electron chi connectivity index (χ0n) is 20.7. The Hall–Kier alpha value is -3.51. The van der Waals surface area contributed by atoms with Gasteiger partial charge in [-0.15, -0.1) is 0 Å². The fourth-order valence-electron chi connectivity index (χ4n) is 3.57.